The molecule has 102 valence electrons. The van der Waals surface area contributed by atoms with Crippen LogP contribution in [0.5, 0.6) is 0 Å². The summed E-state index contributed by atoms with van der Waals surface area (Å²) in [6.07, 6.45) is 7.39. The molecule has 0 radical (unpaired) electrons. The topological polar surface area (TPSA) is 0 Å². The van der Waals surface area contributed by atoms with Gasteiger partial charge in [-0.15, -0.1) is 11.6 Å². The molecule has 0 N–H and O–H groups in total. The molecule has 0 saturated heterocycles. The largest absolute Gasteiger partial charge is 0.117 e. The lowest BCUT2D eigenvalue weighted by atomic mass is 9.51. The van der Waals surface area contributed by atoms with Gasteiger partial charge in [-0.25, -0.2) is 0 Å². The van der Waals surface area contributed by atoms with E-state index in [1.165, 1.54) is 43.2 Å². The van der Waals surface area contributed by atoms with E-state index >= 15 is 0 Å². The number of halogens is 1. The summed E-state index contributed by atoms with van der Waals surface area (Å²) in [5.74, 6) is 4.67. The molecule has 0 amide bonds. The average Bonchev–Trinajstić information content (AvgIpc) is 2.38. The highest BCUT2D eigenvalue weighted by Gasteiger charge is 2.50. The fraction of sp³-hybridized carbons (Fsp3) is 0.667. The summed E-state index contributed by atoms with van der Waals surface area (Å²) in [7, 11) is 0. The molecule has 0 nitrogen and oxygen atoms in total. The molecule has 0 spiro atoms. The maximum Gasteiger partial charge on any atom is 0.0618 e. The second kappa shape index (κ2) is 4.52. The lowest BCUT2D eigenvalue weighted by Crippen LogP contribution is -2.46. The molecular weight excluding hydrogens is 252 g/mol. The number of hydrogen-bond donors (Lipinski definition) is 0. The minimum Gasteiger partial charge on any atom is -0.117 e. The Bertz CT molecular complexity index is 433. The Morgan fingerprint density at radius 3 is 1.95 bits per heavy atom. The quantitative estimate of drug-likeness (QED) is 0.638. The SMILES string of the molecule is Cc1ccc(C(Cl)C2C3CC4CC(C3)CC2C4)cc1. The molecule has 4 aliphatic rings. The van der Waals surface area contributed by atoms with Crippen molar-refractivity contribution >= 4 is 11.6 Å². The number of rotatable bonds is 2. The number of aryl methyl sites for hydroxylation is 1. The van der Waals surface area contributed by atoms with E-state index in [4.69, 9.17) is 11.6 Å². The van der Waals surface area contributed by atoms with Crippen LogP contribution in [0.25, 0.3) is 0 Å². The van der Waals surface area contributed by atoms with Crippen LogP contribution in [0.1, 0.15) is 48.6 Å². The molecule has 4 saturated carbocycles. The van der Waals surface area contributed by atoms with Crippen molar-refractivity contribution in [1.82, 2.24) is 0 Å². The molecule has 0 aromatic heterocycles. The summed E-state index contributed by atoms with van der Waals surface area (Å²) < 4.78 is 0. The van der Waals surface area contributed by atoms with Gasteiger partial charge in [-0.1, -0.05) is 29.8 Å². The molecule has 0 aliphatic heterocycles. The Balaban J connectivity index is 1.60. The smallest absolute Gasteiger partial charge is 0.0618 e. The number of alkyl halides is 1. The van der Waals surface area contributed by atoms with Crippen LogP contribution in [-0.4, -0.2) is 0 Å². The van der Waals surface area contributed by atoms with Crippen LogP contribution >= 0.6 is 11.6 Å². The van der Waals surface area contributed by atoms with Gasteiger partial charge in [-0.2, -0.15) is 0 Å². The van der Waals surface area contributed by atoms with Gasteiger partial charge in [-0.05, 0) is 74.2 Å². The molecule has 5 rings (SSSR count). The van der Waals surface area contributed by atoms with Crippen molar-refractivity contribution in [2.45, 2.75) is 44.4 Å². The van der Waals surface area contributed by atoms with E-state index in [9.17, 15) is 0 Å². The van der Waals surface area contributed by atoms with Gasteiger partial charge >= 0.3 is 0 Å². The zero-order chi connectivity index (χ0) is 13.0. The van der Waals surface area contributed by atoms with Gasteiger partial charge in [0.1, 0.15) is 0 Å². The summed E-state index contributed by atoms with van der Waals surface area (Å²) in [5, 5.41) is 0.246. The third kappa shape index (κ3) is 2.03. The summed E-state index contributed by atoms with van der Waals surface area (Å²) in [6, 6.07) is 8.91. The molecule has 1 aromatic rings. The molecule has 4 bridgehead atoms. The van der Waals surface area contributed by atoms with Gasteiger partial charge in [0.05, 0.1) is 5.38 Å². The monoisotopic (exact) mass is 274 g/mol. The second-order valence-corrected chi connectivity index (χ2v) is 7.79. The molecule has 1 atom stereocenters. The Morgan fingerprint density at radius 1 is 0.895 bits per heavy atom. The first-order valence-corrected chi connectivity index (χ1v) is 8.35. The van der Waals surface area contributed by atoms with Crippen molar-refractivity contribution in [2.75, 3.05) is 0 Å². The summed E-state index contributed by atoms with van der Waals surface area (Å²) in [4.78, 5) is 0. The Kier molecular flexibility index (Phi) is 2.92. The first kappa shape index (κ1) is 12.3. The minimum absolute atomic E-state index is 0.246. The van der Waals surface area contributed by atoms with E-state index in [0.29, 0.717) is 0 Å². The third-order valence-electron chi connectivity index (χ3n) is 6.03. The van der Waals surface area contributed by atoms with Crippen LogP contribution in [0.2, 0.25) is 0 Å². The molecule has 1 aromatic carbocycles. The Morgan fingerprint density at radius 2 is 1.42 bits per heavy atom. The number of benzene rings is 1. The van der Waals surface area contributed by atoms with Crippen molar-refractivity contribution in [3.63, 3.8) is 0 Å². The minimum atomic E-state index is 0.246. The van der Waals surface area contributed by atoms with Crippen molar-refractivity contribution in [1.29, 1.82) is 0 Å². The van der Waals surface area contributed by atoms with Crippen molar-refractivity contribution in [2.24, 2.45) is 29.6 Å². The lowest BCUT2D eigenvalue weighted by Gasteiger charge is -2.55. The van der Waals surface area contributed by atoms with Gasteiger partial charge < -0.3 is 0 Å². The zero-order valence-electron chi connectivity index (χ0n) is 11.7. The van der Waals surface area contributed by atoms with Crippen LogP contribution < -0.4 is 0 Å². The molecular formula is C18H23Cl. The van der Waals surface area contributed by atoms with Crippen molar-refractivity contribution in [3.05, 3.63) is 35.4 Å². The highest BCUT2D eigenvalue weighted by molar-refractivity contribution is 6.21. The Labute approximate surface area is 121 Å². The maximum atomic E-state index is 6.90. The third-order valence-corrected chi connectivity index (χ3v) is 6.58. The van der Waals surface area contributed by atoms with Crippen LogP contribution in [0.3, 0.4) is 0 Å². The van der Waals surface area contributed by atoms with E-state index in [1.54, 1.807) is 0 Å². The first-order valence-electron chi connectivity index (χ1n) is 7.91. The fourth-order valence-corrected chi connectivity index (χ4v) is 5.97. The predicted molar refractivity (Wildman–Crippen MR) is 80.3 cm³/mol. The lowest BCUT2D eigenvalue weighted by molar-refractivity contribution is -0.0381. The van der Waals surface area contributed by atoms with Crippen LogP contribution in [-0.2, 0) is 0 Å². The van der Waals surface area contributed by atoms with Gasteiger partial charge in [0.2, 0.25) is 0 Å². The molecule has 4 fully saturated rings. The van der Waals surface area contributed by atoms with Crippen LogP contribution in [0, 0.1) is 36.5 Å². The molecule has 4 aliphatic carbocycles. The van der Waals surface area contributed by atoms with E-state index in [2.05, 4.69) is 31.2 Å². The normalized spacial score (nSPS) is 41.5. The first-order chi connectivity index (χ1) is 9.20. The maximum absolute atomic E-state index is 6.90. The van der Waals surface area contributed by atoms with E-state index in [0.717, 1.165) is 29.6 Å². The average molecular weight is 275 g/mol. The highest BCUT2D eigenvalue weighted by Crippen LogP contribution is 2.60. The molecule has 1 unspecified atom stereocenters. The summed E-state index contributed by atoms with van der Waals surface area (Å²) in [5.41, 5.74) is 2.68. The van der Waals surface area contributed by atoms with E-state index < -0.39 is 0 Å². The van der Waals surface area contributed by atoms with Gasteiger partial charge in [0, 0.05) is 0 Å². The van der Waals surface area contributed by atoms with Gasteiger partial charge in [0.15, 0.2) is 0 Å². The van der Waals surface area contributed by atoms with Gasteiger partial charge in [-0.3, -0.25) is 0 Å². The van der Waals surface area contributed by atoms with E-state index in [1.807, 2.05) is 0 Å². The molecule has 0 heterocycles. The van der Waals surface area contributed by atoms with Crippen LogP contribution in [0.4, 0.5) is 0 Å². The summed E-state index contributed by atoms with van der Waals surface area (Å²) >= 11 is 6.90. The molecule has 19 heavy (non-hydrogen) atoms. The standard InChI is InChI=1S/C18H23Cl/c1-11-2-4-14(5-3-11)18(19)17-15-7-12-6-13(9-15)10-16(17)8-12/h2-5,12-13,15-18H,6-10H2,1H3. The second-order valence-electron chi connectivity index (χ2n) is 7.32. The van der Waals surface area contributed by atoms with Crippen molar-refractivity contribution in [3.8, 4) is 0 Å². The zero-order valence-corrected chi connectivity index (χ0v) is 12.4. The predicted octanol–water partition coefficient (Wildman–Crippen LogP) is 5.35. The number of hydrogen-bond acceptors (Lipinski definition) is 0. The fourth-order valence-electron chi connectivity index (χ4n) is 5.42. The summed E-state index contributed by atoms with van der Waals surface area (Å²) in [6.45, 7) is 2.15. The van der Waals surface area contributed by atoms with E-state index in [-0.39, 0.29) is 5.38 Å². The molecule has 1 heteroatoms. The highest BCUT2D eigenvalue weighted by atomic mass is 35.5. The van der Waals surface area contributed by atoms with Crippen LogP contribution in [0.15, 0.2) is 24.3 Å². The van der Waals surface area contributed by atoms with Gasteiger partial charge in [0.25, 0.3) is 0 Å². The Hall–Kier alpha value is -0.490. The van der Waals surface area contributed by atoms with Crippen molar-refractivity contribution < 1.29 is 0 Å².